The van der Waals surface area contributed by atoms with E-state index >= 15 is 0 Å². The first kappa shape index (κ1) is 29.8. The van der Waals surface area contributed by atoms with Crippen LogP contribution < -0.4 is 15.4 Å². The highest BCUT2D eigenvalue weighted by atomic mass is 32.1. The van der Waals surface area contributed by atoms with Crippen LogP contribution in [0.2, 0.25) is 0 Å². The molecule has 0 fully saturated rings. The first-order valence-corrected chi connectivity index (χ1v) is 14.1. The fourth-order valence-corrected chi connectivity index (χ4v) is 4.47. The van der Waals surface area contributed by atoms with Gasteiger partial charge in [0, 0.05) is 23.3 Å². The number of thiocarbonyl (C=S) groups is 1. The monoisotopic (exact) mass is 571 g/mol. The number of hydrogen-bond donors (Lipinski definition) is 3. The molecule has 0 radical (unpaired) electrons. The van der Waals surface area contributed by atoms with Crippen LogP contribution in [0.25, 0.3) is 10.8 Å². The third kappa shape index (κ3) is 9.48. The zero-order chi connectivity index (χ0) is 29.2. The number of rotatable bonds is 10. The van der Waals surface area contributed by atoms with Crippen LogP contribution in [0.5, 0.6) is 5.75 Å². The van der Waals surface area contributed by atoms with Crippen molar-refractivity contribution in [2.45, 2.75) is 38.9 Å². The second kappa shape index (κ2) is 14.0. The first-order chi connectivity index (χ1) is 19.7. The van der Waals surface area contributed by atoms with E-state index in [0.717, 1.165) is 27.7 Å². The Morgan fingerprint density at radius 1 is 0.902 bits per heavy atom. The minimum atomic E-state index is -0.871. The van der Waals surface area contributed by atoms with Gasteiger partial charge in [-0.25, -0.2) is 4.79 Å². The van der Waals surface area contributed by atoms with Crippen molar-refractivity contribution in [3.63, 3.8) is 0 Å². The number of nitrogens with one attached hydrogen (secondary N) is 2. The third-order valence-corrected chi connectivity index (χ3v) is 6.39. The Hall–Kier alpha value is -4.14. The number of carbonyl (C=O) groups is 1. The maximum Gasteiger partial charge on any atom is 0.410 e. The van der Waals surface area contributed by atoms with Crippen LogP contribution in [0.15, 0.2) is 97.1 Å². The molecule has 3 N–H and O–H groups in total. The molecule has 4 rings (SSSR count). The summed E-state index contributed by atoms with van der Waals surface area (Å²) >= 11 is 5.55. The van der Waals surface area contributed by atoms with Crippen LogP contribution in [0.1, 0.15) is 26.3 Å². The van der Waals surface area contributed by atoms with Gasteiger partial charge in [0.15, 0.2) is 5.11 Å². The van der Waals surface area contributed by atoms with Crippen molar-refractivity contribution in [3.8, 4) is 5.75 Å². The molecule has 8 heteroatoms. The van der Waals surface area contributed by atoms with Crippen molar-refractivity contribution in [1.82, 2.24) is 4.90 Å². The molecule has 0 unspecified atom stereocenters. The minimum Gasteiger partial charge on any atom is -0.491 e. The minimum absolute atomic E-state index is 0.0659. The lowest BCUT2D eigenvalue weighted by Crippen LogP contribution is -2.43. The number of nitrogens with zero attached hydrogens (tertiary/aromatic N) is 1. The summed E-state index contributed by atoms with van der Waals surface area (Å²) < 4.78 is 11.3. The van der Waals surface area contributed by atoms with Crippen molar-refractivity contribution in [2.24, 2.45) is 0 Å². The van der Waals surface area contributed by atoms with E-state index in [0.29, 0.717) is 23.8 Å². The largest absolute Gasteiger partial charge is 0.491 e. The number of anilines is 2. The second-order valence-electron chi connectivity index (χ2n) is 10.8. The predicted octanol–water partition coefficient (Wildman–Crippen LogP) is 6.87. The maximum absolute atomic E-state index is 12.9. The first-order valence-electron chi connectivity index (χ1n) is 13.6. The van der Waals surface area contributed by atoms with Gasteiger partial charge in [-0.15, -0.1) is 0 Å². The molecule has 1 amide bonds. The normalized spacial score (nSPS) is 11.9. The van der Waals surface area contributed by atoms with Gasteiger partial charge in [-0.3, -0.25) is 0 Å². The SMILES string of the molecule is CC(C)(C)OC(=O)N(CCc1ccc(NC(=S)Nc2cccc3ccccc23)cc1)C[C@H](O)COc1ccccc1. The van der Waals surface area contributed by atoms with Gasteiger partial charge in [0.2, 0.25) is 0 Å². The number of ether oxygens (including phenoxy) is 2. The Labute approximate surface area is 247 Å². The number of fused-ring (bicyclic) bond motifs is 1. The van der Waals surface area contributed by atoms with Gasteiger partial charge >= 0.3 is 6.09 Å². The van der Waals surface area contributed by atoms with Crippen LogP contribution in [0, 0.1) is 0 Å². The zero-order valence-electron chi connectivity index (χ0n) is 23.7. The van der Waals surface area contributed by atoms with Crippen molar-refractivity contribution in [1.29, 1.82) is 0 Å². The summed E-state index contributed by atoms with van der Waals surface area (Å²) in [7, 11) is 0. The van der Waals surface area contributed by atoms with E-state index in [2.05, 4.69) is 28.8 Å². The molecule has 4 aromatic carbocycles. The summed E-state index contributed by atoms with van der Waals surface area (Å²) in [6.07, 6.45) is -0.756. The fourth-order valence-electron chi connectivity index (χ4n) is 4.24. The number of amides is 1. The average Bonchev–Trinajstić information content (AvgIpc) is 2.95. The van der Waals surface area contributed by atoms with Crippen LogP contribution >= 0.6 is 12.2 Å². The molecule has 0 saturated heterocycles. The quantitative estimate of drug-likeness (QED) is 0.179. The van der Waals surface area contributed by atoms with Crippen molar-refractivity contribution in [3.05, 3.63) is 103 Å². The molecule has 41 heavy (non-hydrogen) atoms. The summed E-state index contributed by atoms with van der Waals surface area (Å²) in [6, 6.07) is 31.4. The highest BCUT2D eigenvalue weighted by molar-refractivity contribution is 7.80. The second-order valence-corrected chi connectivity index (χ2v) is 11.2. The molecule has 7 nitrogen and oxygen atoms in total. The van der Waals surface area contributed by atoms with Gasteiger partial charge in [-0.05, 0) is 80.7 Å². The molecule has 0 aliphatic rings. The molecule has 214 valence electrons. The fraction of sp³-hybridized carbons (Fsp3) is 0.273. The van der Waals surface area contributed by atoms with Gasteiger partial charge in [0.05, 0.1) is 6.54 Å². The number of benzene rings is 4. The predicted molar refractivity (Wildman–Crippen MR) is 170 cm³/mol. The van der Waals surface area contributed by atoms with E-state index in [4.69, 9.17) is 21.7 Å². The van der Waals surface area contributed by atoms with E-state index in [1.54, 1.807) is 0 Å². The topological polar surface area (TPSA) is 83.1 Å². The molecule has 0 aliphatic carbocycles. The molecule has 4 aromatic rings. The Morgan fingerprint density at radius 2 is 1.59 bits per heavy atom. The third-order valence-electron chi connectivity index (χ3n) is 6.19. The number of para-hydroxylation sites is 1. The molecule has 0 heterocycles. The van der Waals surface area contributed by atoms with Gasteiger partial charge in [-0.2, -0.15) is 0 Å². The lowest BCUT2D eigenvalue weighted by Gasteiger charge is -2.29. The number of aliphatic hydroxyl groups excluding tert-OH is 1. The van der Waals surface area contributed by atoms with Gasteiger partial charge in [0.25, 0.3) is 0 Å². The lowest BCUT2D eigenvalue weighted by molar-refractivity contribution is 0.00945. The number of aliphatic hydroxyl groups is 1. The van der Waals surface area contributed by atoms with Crippen molar-refractivity contribution >= 4 is 45.6 Å². The van der Waals surface area contributed by atoms with E-state index in [1.165, 1.54) is 4.90 Å². The average molecular weight is 572 g/mol. The molecular weight excluding hydrogens is 534 g/mol. The van der Waals surface area contributed by atoms with Crippen LogP contribution in [-0.2, 0) is 11.2 Å². The van der Waals surface area contributed by atoms with Crippen LogP contribution in [-0.4, -0.2) is 52.6 Å². The van der Waals surface area contributed by atoms with E-state index in [9.17, 15) is 9.90 Å². The van der Waals surface area contributed by atoms with Gasteiger partial charge < -0.3 is 30.1 Å². The Bertz CT molecular complexity index is 1430. The van der Waals surface area contributed by atoms with Gasteiger partial charge in [0.1, 0.15) is 24.1 Å². The van der Waals surface area contributed by atoms with Crippen molar-refractivity contribution in [2.75, 3.05) is 30.3 Å². The van der Waals surface area contributed by atoms with Crippen LogP contribution in [0.3, 0.4) is 0 Å². The Kier molecular flexibility index (Phi) is 10.2. The van der Waals surface area contributed by atoms with E-state index in [-0.39, 0.29) is 13.2 Å². The summed E-state index contributed by atoms with van der Waals surface area (Å²) in [4.78, 5) is 14.4. The molecule has 0 saturated carbocycles. The zero-order valence-corrected chi connectivity index (χ0v) is 24.5. The Morgan fingerprint density at radius 3 is 2.32 bits per heavy atom. The smallest absolute Gasteiger partial charge is 0.410 e. The molecule has 0 spiro atoms. The molecule has 0 bridgehead atoms. The molecule has 1 atom stereocenters. The summed E-state index contributed by atoms with van der Waals surface area (Å²) in [5.74, 6) is 0.663. The summed E-state index contributed by atoms with van der Waals surface area (Å²) in [6.45, 7) is 6.01. The van der Waals surface area contributed by atoms with Crippen molar-refractivity contribution < 1.29 is 19.4 Å². The molecule has 0 aromatic heterocycles. The number of hydrogen-bond acceptors (Lipinski definition) is 5. The highest BCUT2D eigenvalue weighted by Crippen LogP contribution is 2.23. The molecule has 0 aliphatic heterocycles. The maximum atomic E-state index is 12.9. The Balaban J connectivity index is 1.32. The summed E-state index contributed by atoms with van der Waals surface area (Å²) in [5, 5.41) is 19.9. The van der Waals surface area contributed by atoms with E-state index < -0.39 is 17.8 Å². The lowest BCUT2D eigenvalue weighted by atomic mass is 10.1. The summed E-state index contributed by atoms with van der Waals surface area (Å²) in [5.41, 5.74) is 2.18. The van der Waals surface area contributed by atoms with E-state index in [1.807, 2.05) is 99.6 Å². The van der Waals surface area contributed by atoms with Crippen LogP contribution in [0.4, 0.5) is 16.2 Å². The number of carbonyl (C=O) groups excluding carboxylic acids is 1. The molecular formula is C33H37N3O4S. The highest BCUT2D eigenvalue weighted by Gasteiger charge is 2.24. The standard InChI is InChI=1S/C33H37N3O4S/c1-33(2,3)40-32(38)36(22-27(37)23-39-28-12-5-4-6-13-28)21-20-24-16-18-26(19-17-24)34-31(41)35-30-15-9-11-25-10-7-8-14-29(25)30/h4-19,27,37H,20-23H2,1-3H3,(H2,34,35,41)/t27-/m0/s1. The van der Waals surface area contributed by atoms with Gasteiger partial charge in [-0.1, -0.05) is 66.7 Å².